The van der Waals surface area contributed by atoms with Gasteiger partial charge >= 0.3 is 0 Å². The summed E-state index contributed by atoms with van der Waals surface area (Å²) < 4.78 is 6.01. The molecule has 6 nitrogen and oxygen atoms in total. The Kier molecular flexibility index (Phi) is 5.77. The number of amides is 2. The summed E-state index contributed by atoms with van der Waals surface area (Å²) in [5, 5.41) is 3.03. The summed E-state index contributed by atoms with van der Waals surface area (Å²) in [6, 6.07) is 17.1. The molecule has 2 aromatic carbocycles. The molecule has 33 heavy (non-hydrogen) atoms. The third-order valence-electron chi connectivity index (χ3n) is 6.31. The van der Waals surface area contributed by atoms with Gasteiger partial charge in [0.15, 0.2) is 6.10 Å². The van der Waals surface area contributed by atoms with Crippen molar-refractivity contribution in [2.45, 2.75) is 44.9 Å². The predicted octanol–water partition coefficient (Wildman–Crippen LogP) is 5.17. The summed E-state index contributed by atoms with van der Waals surface area (Å²) in [5.41, 5.74) is 4.27. The van der Waals surface area contributed by atoms with Crippen molar-refractivity contribution in [1.82, 2.24) is 9.88 Å². The maximum atomic E-state index is 13.3. The van der Waals surface area contributed by atoms with E-state index in [1.54, 1.807) is 31.2 Å². The Hall–Kier alpha value is -3.38. The molecule has 0 radical (unpaired) electrons. The molecule has 2 atom stereocenters. The fraction of sp³-hybridized carbons (Fsp3) is 0.269. The number of hydrogen-bond donors (Lipinski definition) is 1. The zero-order valence-corrected chi connectivity index (χ0v) is 19.0. The molecule has 3 aromatic rings. The molecular formula is C26H24ClN3O3. The molecule has 1 aliphatic heterocycles. The molecular weight excluding hydrogens is 438 g/mol. The molecule has 1 N–H and O–H groups in total. The zero-order chi connectivity index (χ0) is 22.9. The van der Waals surface area contributed by atoms with Crippen LogP contribution in [0.5, 0.6) is 5.75 Å². The predicted molar refractivity (Wildman–Crippen MR) is 126 cm³/mol. The lowest BCUT2D eigenvalue weighted by Crippen LogP contribution is -2.41. The van der Waals surface area contributed by atoms with Gasteiger partial charge in [-0.25, -0.2) is 4.98 Å². The van der Waals surface area contributed by atoms with Crippen molar-refractivity contribution in [2.75, 3.05) is 5.32 Å². The number of hydrogen-bond acceptors (Lipinski definition) is 4. The van der Waals surface area contributed by atoms with Crippen LogP contribution in [0.15, 0.2) is 60.8 Å². The van der Waals surface area contributed by atoms with E-state index in [2.05, 4.69) is 28.5 Å². The SMILES string of the molecule is C[C@@H]1Oc2ccc(NC(=O)c3cccnc3Cl)cc2CN([C@@H]2CCCc3ccccc32)C1=O. The number of carbonyl (C=O) groups excluding carboxylic acids is 2. The van der Waals surface area contributed by atoms with E-state index in [1.807, 2.05) is 17.0 Å². The second-order valence-electron chi connectivity index (χ2n) is 8.45. The van der Waals surface area contributed by atoms with Crippen LogP contribution in [0, 0.1) is 0 Å². The Bertz CT molecular complexity index is 1230. The first-order chi connectivity index (χ1) is 16.0. The van der Waals surface area contributed by atoms with Crippen molar-refractivity contribution in [3.05, 3.63) is 88.2 Å². The number of aromatic nitrogens is 1. The summed E-state index contributed by atoms with van der Waals surface area (Å²) in [4.78, 5) is 31.9. The minimum absolute atomic E-state index is 0.00639. The Morgan fingerprint density at radius 2 is 2.00 bits per heavy atom. The highest BCUT2D eigenvalue weighted by Crippen LogP contribution is 2.38. The third-order valence-corrected chi connectivity index (χ3v) is 6.61. The summed E-state index contributed by atoms with van der Waals surface area (Å²) in [6.07, 6.45) is 3.94. The average Bonchev–Trinajstić information content (AvgIpc) is 2.95. The minimum Gasteiger partial charge on any atom is -0.481 e. The van der Waals surface area contributed by atoms with E-state index >= 15 is 0 Å². The first-order valence-electron chi connectivity index (χ1n) is 11.1. The zero-order valence-electron chi connectivity index (χ0n) is 18.3. The van der Waals surface area contributed by atoms with Crippen LogP contribution in [0.2, 0.25) is 5.15 Å². The summed E-state index contributed by atoms with van der Waals surface area (Å²) in [6.45, 7) is 2.20. The standard InChI is InChI=1S/C26H24ClN3O3/c1-16-26(32)30(22-10-4-7-17-6-2-3-8-20(17)22)15-18-14-19(11-12-23(18)33-16)29-25(31)21-9-5-13-28-24(21)27/h2-3,5-6,8-9,11-14,16,22H,4,7,10,15H2,1H3,(H,29,31)/t16-,22+/m0/s1. The van der Waals surface area contributed by atoms with E-state index in [9.17, 15) is 9.59 Å². The van der Waals surface area contributed by atoms with Crippen molar-refractivity contribution in [1.29, 1.82) is 0 Å². The van der Waals surface area contributed by atoms with Gasteiger partial charge in [-0.15, -0.1) is 0 Å². The number of anilines is 1. The number of rotatable bonds is 3. The molecule has 2 heterocycles. The highest BCUT2D eigenvalue weighted by molar-refractivity contribution is 6.33. The largest absolute Gasteiger partial charge is 0.481 e. The number of nitrogens with one attached hydrogen (secondary N) is 1. The molecule has 0 saturated carbocycles. The molecule has 2 amide bonds. The molecule has 0 unspecified atom stereocenters. The number of carbonyl (C=O) groups is 2. The molecule has 168 valence electrons. The van der Waals surface area contributed by atoms with E-state index in [0.717, 1.165) is 24.8 Å². The van der Waals surface area contributed by atoms with E-state index in [1.165, 1.54) is 17.3 Å². The second-order valence-corrected chi connectivity index (χ2v) is 8.81. The van der Waals surface area contributed by atoms with Crippen LogP contribution in [-0.2, 0) is 17.8 Å². The van der Waals surface area contributed by atoms with Gasteiger partial charge in [0.25, 0.3) is 11.8 Å². The molecule has 0 spiro atoms. The van der Waals surface area contributed by atoms with E-state index < -0.39 is 6.10 Å². The van der Waals surface area contributed by atoms with Gasteiger partial charge < -0.3 is 15.0 Å². The molecule has 0 bridgehead atoms. The Morgan fingerprint density at radius 1 is 1.15 bits per heavy atom. The molecule has 0 saturated heterocycles. The van der Waals surface area contributed by atoms with Crippen LogP contribution in [0.3, 0.4) is 0 Å². The quantitative estimate of drug-likeness (QED) is 0.546. The lowest BCUT2D eigenvalue weighted by Gasteiger charge is -2.35. The Morgan fingerprint density at radius 3 is 2.85 bits per heavy atom. The van der Waals surface area contributed by atoms with Crippen LogP contribution in [0.25, 0.3) is 0 Å². The Labute approximate surface area is 197 Å². The van der Waals surface area contributed by atoms with Gasteiger partial charge in [-0.05, 0) is 67.6 Å². The van der Waals surface area contributed by atoms with Crippen molar-refractivity contribution < 1.29 is 14.3 Å². The van der Waals surface area contributed by atoms with E-state index in [-0.39, 0.29) is 23.0 Å². The van der Waals surface area contributed by atoms with Gasteiger partial charge in [0.1, 0.15) is 10.9 Å². The lowest BCUT2D eigenvalue weighted by molar-refractivity contribution is -0.140. The number of nitrogens with zero attached hydrogens (tertiary/aromatic N) is 2. The number of ether oxygens (including phenoxy) is 1. The molecule has 1 aromatic heterocycles. The Balaban J connectivity index is 1.45. The van der Waals surface area contributed by atoms with E-state index in [4.69, 9.17) is 16.3 Å². The van der Waals surface area contributed by atoms with Gasteiger partial charge in [-0.3, -0.25) is 9.59 Å². The molecule has 0 fully saturated rings. The fourth-order valence-electron chi connectivity index (χ4n) is 4.70. The number of halogens is 1. The minimum atomic E-state index is -0.588. The van der Waals surface area contributed by atoms with Crippen LogP contribution < -0.4 is 10.1 Å². The summed E-state index contributed by atoms with van der Waals surface area (Å²) in [7, 11) is 0. The second kappa shape index (κ2) is 8.87. The molecule has 5 rings (SSSR count). The lowest BCUT2D eigenvalue weighted by atomic mass is 9.86. The van der Waals surface area contributed by atoms with Crippen molar-refractivity contribution in [2.24, 2.45) is 0 Å². The highest BCUT2D eigenvalue weighted by atomic mass is 35.5. The van der Waals surface area contributed by atoms with E-state index in [0.29, 0.717) is 23.5 Å². The van der Waals surface area contributed by atoms with Crippen molar-refractivity contribution in [3.63, 3.8) is 0 Å². The number of aryl methyl sites for hydroxylation is 1. The van der Waals surface area contributed by atoms with Crippen molar-refractivity contribution in [3.8, 4) is 5.75 Å². The maximum absolute atomic E-state index is 13.3. The molecule has 7 heteroatoms. The normalized spacial score (nSPS) is 19.7. The van der Waals surface area contributed by atoms with Gasteiger partial charge in [0, 0.05) is 17.4 Å². The number of benzene rings is 2. The van der Waals surface area contributed by atoms with Gasteiger partial charge in [-0.1, -0.05) is 35.9 Å². The molecule has 1 aliphatic carbocycles. The van der Waals surface area contributed by atoms with Crippen LogP contribution >= 0.6 is 11.6 Å². The maximum Gasteiger partial charge on any atom is 0.264 e. The summed E-state index contributed by atoms with van der Waals surface area (Å²) >= 11 is 6.06. The fourth-order valence-corrected chi connectivity index (χ4v) is 4.91. The number of fused-ring (bicyclic) bond motifs is 2. The van der Waals surface area contributed by atoms with Crippen LogP contribution in [0.1, 0.15) is 52.9 Å². The van der Waals surface area contributed by atoms with Crippen LogP contribution in [0.4, 0.5) is 5.69 Å². The average molecular weight is 462 g/mol. The van der Waals surface area contributed by atoms with Gasteiger partial charge in [-0.2, -0.15) is 0 Å². The third kappa shape index (κ3) is 4.18. The highest BCUT2D eigenvalue weighted by Gasteiger charge is 2.35. The monoisotopic (exact) mass is 461 g/mol. The first-order valence-corrected chi connectivity index (χ1v) is 11.5. The van der Waals surface area contributed by atoms with Crippen molar-refractivity contribution >= 4 is 29.1 Å². The van der Waals surface area contributed by atoms with Gasteiger partial charge in [0.2, 0.25) is 0 Å². The smallest absolute Gasteiger partial charge is 0.264 e. The summed E-state index contributed by atoms with van der Waals surface area (Å²) in [5.74, 6) is 0.283. The number of pyridine rings is 1. The topological polar surface area (TPSA) is 71.5 Å². The van der Waals surface area contributed by atoms with Crippen LogP contribution in [-0.4, -0.2) is 27.8 Å². The van der Waals surface area contributed by atoms with Gasteiger partial charge in [0.05, 0.1) is 18.2 Å². The first kappa shape index (κ1) is 21.5. The molecule has 2 aliphatic rings.